The van der Waals surface area contributed by atoms with E-state index in [1.807, 2.05) is 0 Å². The van der Waals surface area contributed by atoms with Crippen LogP contribution in [0.4, 0.5) is 4.39 Å². The van der Waals surface area contributed by atoms with E-state index in [0.29, 0.717) is 13.1 Å². The summed E-state index contributed by atoms with van der Waals surface area (Å²) >= 11 is 5.96. The molecule has 1 aromatic carbocycles. The summed E-state index contributed by atoms with van der Waals surface area (Å²) in [6.07, 6.45) is 4.00. The highest BCUT2D eigenvalue weighted by molar-refractivity contribution is 6.31. The van der Waals surface area contributed by atoms with E-state index < -0.39 is 5.82 Å². The van der Waals surface area contributed by atoms with Crippen molar-refractivity contribution in [2.45, 2.75) is 18.9 Å². The lowest BCUT2D eigenvalue weighted by Gasteiger charge is -2.17. The zero-order chi connectivity index (χ0) is 14.8. The molecule has 5 nitrogen and oxygen atoms in total. The summed E-state index contributed by atoms with van der Waals surface area (Å²) < 4.78 is 13.7. The summed E-state index contributed by atoms with van der Waals surface area (Å²) in [4.78, 5) is 15.6. The minimum atomic E-state index is -0.444. The van der Waals surface area contributed by atoms with Crippen LogP contribution in [0.15, 0.2) is 30.6 Å². The third-order valence-electron chi connectivity index (χ3n) is 3.67. The molecule has 7 heteroatoms. The van der Waals surface area contributed by atoms with Gasteiger partial charge in [0.1, 0.15) is 5.82 Å². The van der Waals surface area contributed by atoms with Gasteiger partial charge in [0.2, 0.25) is 5.91 Å². The predicted molar refractivity (Wildman–Crippen MR) is 75.4 cm³/mol. The van der Waals surface area contributed by atoms with Crippen molar-refractivity contribution in [2.24, 2.45) is 0 Å². The van der Waals surface area contributed by atoms with Gasteiger partial charge in [-0.1, -0.05) is 17.7 Å². The van der Waals surface area contributed by atoms with Crippen LogP contribution in [0.3, 0.4) is 0 Å². The molecule has 2 heterocycles. The second-order valence-corrected chi connectivity index (χ2v) is 5.42. The number of aromatic nitrogens is 3. The Kier molecular flexibility index (Phi) is 3.88. The second kappa shape index (κ2) is 5.81. The molecular formula is C14H14ClFN4O. The Morgan fingerprint density at radius 1 is 1.38 bits per heavy atom. The van der Waals surface area contributed by atoms with Gasteiger partial charge in [-0.15, -0.1) is 0 Å². The molecule has 1 aliphatic heterocycles. The highest BCUT2D eigenvalue weighted by atomic mass is 35.5. The summed E-state index contributed by atoms with van der Waals surface area (Å²) in [5.41, 5.74) is 0.254. The van der Waals surface area contributed by atoms with Gasteiger partial charge in [0.15, 0.2) is 0 Å². The number of carbonyl (C=O) groups excluding carboxylic acids is 1. The Balaban J connectivity index is 1.67. The molecule has 0 unspecified atom stereocenters. The van der Waals surface area contributed by atoms with E-state index in [4.69, 9.17) is 11.6 Å². The molecule has 1 saturated heterocycles. The van der Waals surface area contributed by atoms with Crippen LogP contribution in [0.1, 0.15) is 18.0 Å². The second-order valence-electron chi connectivity index (χ2n) is 5.01. The van der Waals surface area contributed by atoms with Crippen molar-refractivity contribution in [1.29, 1.82) is 0 Å². The molecular weight excluding hydrogens is 295 g/mol. The maximum absolute atomic E-state index is 13.7. The largest absolute Gasteiger partial charge is 0.340 e. The summed E-state index contributed by atoms with van der Waals surface area (Å²) in [5.74, 6) is -0.572. The van der Waals surface area contributed by atoms with Gasteiger partial charge >= 0.3 is 0 Å². The van der Waals surface area contributed by atoms with Crippen LogP contribution in [0, 0.1) is 5.82 Å². The van der Waals surface area contributed by atoms with Crippen molar-refractivity contribution < 1.29 is 9.18 Å². The fraction of sp³-hybridized carbons (Fsp3) is 0.357. The van der Waals surface area contributed by atoms with Crippen molar-refractivity contribution in [3.8, 4) is 0 Å². The van der Waals surface area contributed by atoms with Crippen molar-refractivity contribution >= 4 is 17.5 Å². The monoisotopic (exact) mass is 308 g/mol. The number of nitrogens with zero attached hydrogens (tertiary/aromatic N) is 4. The van der Waals surface area contributed by atoms with Crippen LogP contribution in [-0.2, 0) is 11.2 Å². The first-order valence-electron chi connectivity index (χ1n) is 6.71. The molecule has 0 aliphatic carbocycles. The van der Waals surface area contributed by atoms with E-state index >= 15 is 0 Å². The summed E-state index contributed by atoms with van der Waals surface area (Å²) in [6.45, 7) is 1.16. The topological polar surface area (TPSA) is 51.0 Å². The fourth-order valence-corrected chi connectivity index (χ4v) is 2.77. The van der Waals surface area contributed by atoms with E-state index in [9.17, 15) is 9.18 Å². The molecule has 2 aromatic rings. The van der Waals surface area contributed by atoms with Gasteiger partial charge in [-0.2, -0.15) is 15.0 Å². The normalized spacial score (nSPS) is 18.2. The molecule has 0 radical (unpaired) electrons. The van der Waals surface area contributed by atoms with E-state index in [2.05, 4.69) is 10.2 Å². The number of halogens is 2. The highest BCUT2D eigenvalue weighted by Gasteiger charge is 2.29. The molecule has 1 aromatic heterocycles. The molecule has 0 bridgehead atoms. The lowest BCUT2D eigenvalue weighted by molar-refractivity contribution is -0.129. The maximum Gasteiger partial charge on any atom is 0.227 e. The Labute approximate surface area is 126 Å². The van der Waals surface area contributed by atoms with Crippen LogP contribution in [0.2, 0.25) is 5.02 Å². The number of rotatable bonds is 3. The molecule has 3 rings (SSSR count). The van der Waals surface area contributed by atoms with Crippen molar-refractivity contribution in [2.75, 3.05) is 13.1 Å². The summed E-state index contributed by atoms with van der Waals surface area (Å²) in [6, 6.07) is 4.52. The molecule has 110 valence electrons. The van der Waals surface area contributed by atoms with Crippen LogP contribution in [0.25, 0.3) is 0 Å². The first kappa shape index (κ1) is 14.0. The van der Waals surface area contributed by atoms with Gasteiger partial charge in [0, 0.05) is 23.7 Å². The number of amides is 1. The van der Waals surface area contributed by atoms with Crippen LogP contribution < -0.4 is 0 Å². The number of benzene rings is 1. The average molecular weight is 309 g/mol. The lowest BCUT2D eigenvalue weighted by atomic mass is 10.1. The zero-order valence-corrected chi connectivity index (χ0v) is 12.0. The van der Waals surface area contributed by atoms with Crippen LogP contribution in [0.5, 0.6) is 0 Å². The molecule has 1 atom stereocenters. The zero-order valence-electron chi connectivity index (χ0n) is 11.2. The van der Waals surface area contributed by atoms with Crippen molar-refractivity contribution in [1.82, 2.24) is 19.9 Å². The molecule has 21 heavy (non-hydrogen) atoms. The molecule has 1 aliphatic rings. The highest BCUT2D eigenvalue weighted by Crippen LogP contribution is 2.23. The van der Waals surface area contributed by atoms with Crippen molar-refractivity contribution in [3.63, 3.8) is 0 Å². The third-order valence-corrected chi connectivity index (χ3v) is 4.02. The first-order chi connectivity index (χ1) is 10.1. The van der Waals surface area contributed by atoms with E-state index in [1.165, 1.54) is 12.1 Å². The SMILES string of the molecule is O=C(Cc1c(F)cccc1Cl)N1CC[C@@H](n2nccn2)C1. The Morgan fingerprint density at radius 2 is 2.14 bits per heavy atom. The number of likely N-dealkylation sites (tertiary alicyclic amines) is 1. The third kappa shape index (κ3) is 2.90. The average Bonchev–Trinajstić information content (AvgIpc) is 3.12. The minimum Gasteiger partial charge on any atom is -0.340 e. The predicted octanol–water partition coefficient (Wildman–Crippen LogP) is 2.09. The Hall–Kier alpha value is -1.95. The fourth-order valence-electron chi connectivity index (χ4n) is 2.54. The van der Waals surface area contributed by atoms with Gasteiger partial charge < -0.3 is 4.90 Å². The lowest BCUT2D eigenvalue weighted by Crippen LogP contribution is -2.31. The number of carbonyl (C=O) groups is 1. The molecule has 1 fully saturated rings. The molecule has 1 amide bonds. The van der Waals surface area contributed by atoms with E-state index in [1.54, 1.807) is 28.2 Å². The maximum atomic E-state index is 13.7. The van der Waals surface area contributed by atoms with Crippen LogP contribution >= 0.6 is 11.6 Å². The first-order valence-corrected chi connectivity index (χ1v) is 7.09. The van der Waals surface area contributed by atoms with Gasteiger partial charge in [0.25, 0.3) is 0 Å². The smallest absolute Gasteiger partial charge is 0.227 e. The molecule has 0 N–H and O–H groups in total. The van der Waals surface area contributed by atoms with Gasteiger partial charge in [-0.3, -0.25) is 4.79 Å². The quantitative estimate of drug-likeness (QED) is 0.872. The van der Waals surface area contributed by atoms with Gasteiger partial charge in [0.05, 0.1) is 24.9 Å². The van der Waals surface area contributed by atoms with Crippen molar-refractivity contribution in [3.05, 3.63) is 47.0 Å². The Bertz CT molecular complexity index is 626. The summed E-state index contributed by atoms with van der Waals surface area (Å²) in [5, 5.41) is 8.47. The summed E-state index contributed by atoms with van der Waals surface area (Å²) in [7, 11) is 0. The van der Waals surface area contributed by atoms with E-state index in [0.717, 1.165) is 6.42 Å². The van der Waals surface area contributed by atoms with Gasteiger partial charge in [-0.25, -0.2) is 4.39 Å². The number of hydrogen-bond acceptors (Lipinski definition) is 3. The molecule has 0 saturated carbocycles. The van der Waals surface area contributed by atoms with E-state index in [-0.39, 0.29) is 29.0 Å². The minimum absolute atomic E-state index is 0.0231. The standard InChI is InChI=1S/C14H14ClFN4O/c15-12-2-1-3-13(16)11(12)8-14(21)19-7-4-10(9-19)20-17-5-6-18-20/h1-3,5-6,10H,4,7-9H2/t10-/m1/s1. The van der Waals surface area contributed by atoms with Gasteiger partial charge in [-0.05, 0) is 18.6 Å². The van der Waals surface area contributed by atoms with Crippen LogP contribution in [-0.4, -0.2) is 38.9 Å². The number of hydrogen-bond donors (Lipinski definition) is 0. The molecule has 0 spiro atoms. The Morgan fingerprint density at radius 3 is 2.86 bits per heavy atom.